The van der Waals surface area contributed by atoms with Crippen molar-refractivity contribution < 1.29 is 0 Å². The molecule has 0 saturated heterocycles. The lowest BCUT2D eigenvalue weighted by Gasteiger charge is -2.33. The molecule has 0 aliphatic carbocycles. The summed E-state index contributed by atoms with van der Waals surface area (Å²) in [5, 5.41) is 3.45. The first-order chi connectivity index (χ1) is 9.42. The molecule has 4 nitrogen and oxygen atoms in total. The van der Waals surface area contributed by atoms with Crippen molar-refractivity contribution in [3.05, 3.63) is 47.5 Å². The molecule has 4 rings (SSSR count). The topological polar surface area (TPSA) is 33.1 Å². The van der Waals surface area contributed by atoms with Gasteiger partial charge in [0.1, 0.15) is 5.82 Å². The summed E-state index contributed by atoms with van der Waals surface area (Å²) < 4.78 is 2.26. The van der Waals surface area contributed by atoms with Gasteiger partial charge in [-0.1, -0.05) is 12.1 Å². The second-order valence-corrected chi connectivity index (χ2v) is 5.30. The number of benzene rings is 1. The molecule has 0 spiro atoms. The van der Waals surface area contributed by atoms with Crippen LogP contribution in [0.4, 0.5) is 5.69 Å². The van der Waals surface area contributed by atoms with Crippen LogP contribution in [0.1, 0.15) is 17.0 Å². The zero-order valence-electron chi connectivity index (χ0n) is 11.0. The van der Waals surface area contributed by atoms with E-state index in [1.54, 1.807) is 0 Å². The summed E-state index contributed by atoms with van der Waals surface area (Å²) in [6.45, 7) is 5.14. The third-order valence-electron chi connectivity index (χ3n) is 4.20. The highest BCUT2D eigenvalue weighted by atomic mass is 15.2. The quantitative estimate of drug-likeness (QED) is 0.838. The number of nitrogens with one attached hydrogen (secondary N) is 1. The Bertz CT molecular complexity index is 602. The van der Waals surface area contributed by atoms with Gasteiger partial charge in [0.2, 0.25) is 0 Å². The zero-order valence-corrected chi connectivity index (χ0v) is 11.0. The van der Waals surface area contributed by atoms with Crippen molar-refractivity contribution in [3.8, 4) is 0 Å². The zero-order chi connectivity index (χ0) is 12.7. The molecular weight excluding hydrogens is 236 g/mol. The second kappa shape index (κ2) is 4.38. The molecule has 0 saturated carbocycles. The Hall–Kier alpha value is -1.81. The van der Waals surface area contributed by atoms with Crippen molar-refractivity contribution in [1.29, 1.82) is 0 Å². The largest absolute Gasteiger partial charge is 0.362 e. The first-order valence-corrected chi connectivity index (χ1v) is 6.98. The van der Waals surface area contributed by atoms with Gasteiger partial charge in [0.05, 0.1) is 6.54 Å². The fraction of sp³-hybridized carbons (Fsp3) is 0.400. The maximum absolute atomic E-state index is 4.45. The Labute approximate surface area is 113 Å². The van der Waals surface area contributed by atoms with Crippen LogP contribution in [0.25, 0.3) is 0 Å². The number of hydrogen-bond acceptors (Lipinski definition) is 3. The van der Waals surface area contributed by atoms with E-state index in [1.165, 1.54) is 22.6 Å². The van der Waals surface area contributed by atoms with E-state index >= 15 is 0 Å². The van der Waals surface area contributed by atoms with E-state index in [-0.39, 0.29) is 0 Å². The molecule has 1 N–H and O–H groups in total. The lowest BCUT2D eigenvalue weighted by atomic mass is 9.98. The first kappa shape index (κ1) is 11.1. The molecule has 0 amide bonds. The monoisotopic (exact) mass is 254 g/mol. The predicted octanol–water partition coefficient (Wildman–Crippen LogP) is 1.55. The van der Waals surface area contributed by atoms with E-state index in [0.717, 1.165) is 39.1 Å². The second-order valence-electron chi connectivity index (χ2n) is 5.30. The Morgan fingerprint density at radius 2 is 2.21 bits per heavy atom. The minimum absolute atomic E-state index is 0.927. The highest BCUT2D eigenvalue weighted by molar-refractivity contribution is 5.58. The van der Waals surface area contributed by atoms with Crippen LogP contribution >= 0.6 is 0 Å². The molecular formula is C15H18N4. The molecule has 0 fully saturated rings. The average Bonchev–Trinajstić information content (AvgIpc) is 2.94. The molecule has 1 aromatic carbocycles. The Morgan fingerprint density at radius 3 is 3.21 bits per heavy atom. The van der Waals surface area contributed by atoms with Gasteiger partial charge in [0, 0.05) is 37.7 Å². The van der Waals surface area contributed by atoms with Crippen LogP contribution in [0, 0.1) is 0 Å². The lowest BCUT2D eigenvalue weighted by molar-refractivity contribution is 0.555. The van der Waals surface area contributed by atoms with Crippen LogP contribution in [-0.4, -0.2) is 22.6 Å². The average molecular weight is 254 g/mol. The standard InChI is InChI=1S/C15H18N4/c1-2-12-10-16-5-4-13(12)14(3-1)19-9-8-18-7-6-17-15(18)11-19/h1-3,6-7,16H,4-5,8-11H2. The number of aromatic nitrogens is 2. The molecule has 2 aromatic rings. The number of fused-ring (bicyclic) bond motifs is 2. The molecule has 2 aliphatic rings. The van der Waals surface area contributed by atoms with Gasteiger partial charge >= 0.3 is 0 Å². The van der Waals surface area contributed by atoms with E-state index in [1.807, 2.05) is 6.20 Å². The van der Waals surface area contributed by atoms with Crippen LogP contribution in [0.15, 0.2) is 30.6 Å². The van der Waals surface area contributed by atoms with Gasteiger partial charge in [0.15, 0.2) is 0 Å². The molecule has 2 aliphatic heterocycles. The number of nitrogens with zero attached hydrogens (tertiary/aromatic N) is 3. The molecule has 19 heavy (non-hydrogen) atoms. The van der Waals surface area contributed by atoms with Crippen LogP contribution in [0.2, 0.25) is 0 Å². The van der Waals surface area contributed by atoms with Crippen molar-refractivity contribution in [2.75, 3.05) is 18.0 Å². The molecule has 0 unspecified atom stereocenters. The molecule has 0 bridgehead atoms. The molecule has 0 radical (unpaired) electrons. The Balaban J connectivity index is 1.70. The van der Waals surface area contributed by atoms with Gasteiger partial charge in [0.25, 0.3) is 0 Å². The van der Waals surface area contributed by atoms with Crippen LogP contribution in [0.5, 0.6) is 0 Å². The maximum atomic E-state index is 4.45. The van der Waals surface area contributed by atoms with Gasteiger partial charge in [-0.15, -0.1) is 0 Å². The van der Waals surface area contributed by atoms with Gasteiger partial charge in [-0.3, -0.25) is 0 Å². The summed E-state index contributed by atoms with van der Waals surface area (Å²) in [5.74, 6) is 1.18. The van der Waals surface area contributed by atoms with Crippen molar-refractivity contribution in [2.45, 2.75) is 26.1 Å². The van der Waals surface area contributed by atoms with E-state index < -0.39 is 0 Å². The van der Waals surface area contributed by atoms with Crippen molar-refractivity contribution in [3.63, 3.8) is 0 Å². The van der Waals surface area contributed by atoms with E-state index in [0.29, 0.717) is 0 Å². The summed E-state index contributed by atoms with van der Waals surface area (Å²) in [4.78, 5) is 6.93. The lowest BCUT2D eigenvalue weighted by Crippen LogP contribution is -2.35. The molecule has 1 aromatic heterocycles. The number of rotatable bonds is 1. The van der Waals surface area contributed by atoms with E-state index in [2.05, 4.69) is 44.2 Å². The first-order valence-electron chi connectivity index (χ1n) is 6.98. The SMILES string of the molecule is c1cc2c(c(N3CCn4ccnc4C3)c1)CCNC2. The smallest absolute Gasteiger partial charge is 0.128 e. The van der Waals surface area contributed by atoms with E-state index in [4.69, 9.17) is 0 Å². The third-order valence-corrected chi connectivity index (χ3v) is 4.20. The molecule has 3 heterocycles. The summed E-state index contributed by atoms with van der Waals surface area (Å²) in [5.41, 5.74) is 4.40. The highest BCUT2D eigenvalue weighted by Crippen LogP contribution is 2.28. The number of hydrogen-bond donors (Lipinski definition) is 1. The molecule has 4 heteroatoms. The molecule has 0 atom stereocenters. The van der Waals surface area contributed by atoms with Crippen molar-refractivity contribution in [1.82, 2.24) is 14.9 Å². The fourth-order valence-corrected chi connectivity index (χ4v) is 3.19. The minimum Gasteiger partial charge on any atom is -0.362 e. The number of anilines is 1. The maximum Gasteiger partial charge on any atom is 0.128 e. The van der Waals surface area contributed by atoms with Gasteiger partial charge in [-0.2, -0.15) is 0 Å². The summed E-state index contributed by atoms with van der Waals surface area (Å²) in [7, 11) is 0. The normalized spacial score (nSPS) is 18.0. The fourth-order valence-electron chi connectivity index (χ4n) is 3.19. The van der Waals surface area contributed by atoms with E-state index in [9.17, 15) is 0 Å². The summed E-state index contributed by atoms with van der Waals surface area (Å²) >= 11 is 0. The third kappa shape index (κ3) is 1.83. The predicted molar refractivity (Wildman–Crippen MR) is 75.1 cm³/mol. The highest BCUT2D eigenvalue weighted by Gasteiger charge is 2.21. The summed E-state index contributed by atoms with van der Waals surface area (Å²) in [6, 6.07) is 6.70. The van der Waals surface area contributed by atoms with Crippen molar-refractivity contribution >= 4 is 5.69 Å². The van der Waals surface area contributed by atoms with Gasteiger partial charge in [-0.05, 0) is 30.2 Å². The summed E-state index contributed by atoms with van der Waals surface area (Å²) in [6.07, 6.45) is 5.12. The Morgan fingerprint density at radius 1 is 1.21 bits per heavy atom. The van der Waals surface area contributed by atoms with Crippen LogP contribution in [-0.2, 0) is 26.1 Å². The Kier molecular flexibility index (Phi) is 2.55. The number of imidazole rings is 1. The van der Waals surface area contributed by atoms with Crippen molar-refractivity contribution in [2.24, 2.45) is 0 Å². The van der Waals surface area contributed by atoms with Gasteiger partial charge in [-0.25, -0.2) is 4.98 Å². The van der Waals surface area contributed by atoms with Crippen LogP contribution < -0.4 is 10.2 Å². The molecule has 98 valence electrons. The van der Waals surface area contributed by atoms with Crippen LogP contribution in [0.3, 0.4) is 0 Å². The minimum atomic E-state index is 0.927. The van der Waals surface area contributed by atoms with Gasteiger partial charge < -0.3 is 14.8 Å².